The standard InChI is InChI=1S/C12H8ClFN4/c1-7-4-11(9(13)5-10(7)14)17-12-8(6-15)2-3-16-18-12/h2-5H,1H3,(H,17,18). The third kappa shape index (κ3) is 2.39. The molecule has 1 aromatic carbocycles. The molecule has 90 valence electrons. The van der Waals surface area contributed by atoms with Crippen LogP contribution in [0, 0.1) is 24.1 Å². The summed E-state index contributed by atoms with van der Waals surface area (Å²) >= 11 is 5.91. The van der Waals surface area contributed by atoms with Gasteiger partial charge in [0, 0.05) is 0 Å². The van der Waals surface area contributed by atoms with Crippen LogP contribution >= 0.6 is 11.6 Å². The van der Waals surface area contributed by atoms with Crippen molar-refractivity contribution in [2.45, 2.75) is 6.92 Å². The monoisotopic (exact) mass is 262 g/mol. The summed E-state index contributed by atoms with van der Waals surface area (Å²) in [5.41, 5.74) is 1.26. The zero-order valence-corrected chi connectivity index (χ0v) is 10.2. The van der Waals surface area contributed by atoms with Gasteiger partial charge in [-0.05, 0) is 30.7 Å². The predicted molar refractivity (Wildman–Crippen MR) is 66.2 cm³/mol. The average molecular weight is 263 g/mol. The maximum atomic E-state index is 13.3. The van der Waals surface area contributed by atoms with E-state index in [9.17, 15) is 4.39 Å². The van der Waals surface area contributed by atoms with Gasteiger partial charge in [-0.1, -0.05) is 11.6 Å². The lowest BCUT2D eigenvalue weighted by Crippen LogP contribution is -2.00. The van der Waals surface area contributed by atoms with E-state index >= 15 is 0 Å². The van der Waals surface area contributed by atoms with Gasteiger partial charge in [-0.25, -0.2) is 4.39 Å². The van der Waals surface area contributed by atoms with E-state index in [1.54, 1.807) is 13.0 Å². The summed E-state index contributed by atoms with van der Waals surface area (Å²) in [6.45, 7) is 1.62. The average Bonchev–Trinajstić information content (AvgIpc) is 2.36. The number of hydrogen-bond donors (Lipinski definition) is 1. The molecule has 0 fully saturated rings. The maximum absolute atomic E-state index is 13.3. The quantitative estimate of drug-likeness (QED) is 0.903. The second-order valence-electron chi connectivity index (χ2n) is 3.61. The van der Waals surface area contributed by atoms with Crippen molar-refractivity contribution >= 4 is 23.1 Å². The van der Waals surface area contributed by atoms with Gasteiger partial charge in [-0.2, -0.15) is 10.4 Å². The number of nitrogens with one attached hydrogen (secondary N) is 1. The zero-order valence-electron chi connectivity index (χ0n) is 9.41. The number of aromatic nitrogens is 2. The molecule has 0 radical (unpaired) electrons. The molecule has 6 heteroatoms. The van der Waals surface area contributed by atoms with Crippen molar-refractivity contribution in [3.8, 4) is 6.07 Å². The first-order valence-electron chi connectivity index (χ1n) is 5.06. The molecular weight excluding hydrogens is 255 g/mol. The van der Waals surface area contributed by atoms with Crippen LogP contribution in [0.5, 0.6) is 0 Å². The first kappa shape index (κ1) is 12.3. The van der Waals surface area contributed by atoms with Gasteiger partial charge in [0.2, 0.25) is 0 Å². The molecule has 1 N–H and O–H groups in total. The summed E-state index contributed by atoms with van der Waals surface area (Å²) in [7, 11) is 0. The summed E-state index contributed by atoms with van der Waals surface area (Å²) in [4.78, 5) is 0. The minimum Gasteiger partial charge on any atom is -0.336 e. The third-order valence-electron chi connectivity index (χ3n) is 2.34. The normalized spacial score (nSPS) is 9.89. The van der Waals surface area contributed by atoms with E-state index in [0.29, 0.717) is 16.8 Å². The minimum atomic E-state index is -0.384. The number of rotatable bonds is 2. The molecule has 2 aromatic rings. The van der Waals surface area contributed by atoms with E-state index in [2.05, 4.69) is 15.5 Å². The Balaban J connectivity index is 2.41. The van der Waals surface area contributed by atoms with E-state index in [-0.39, 0.29) is 16.7 Å². The number of nitriles is 1. The Hall–Kier alpha value is -2.19. The largest absolute Gasteiger partial charge is 0.336 e. The van der Waals surface area contributed by atoms with E-state index in [1.807, 2.05) is 6.07 Å². The van der Waals surface area contributed by atoms with Crippen LogP contribution in [0.1, 0.15) is 11.1 Å². The van der Waals surface area contributed by atoms with Gasteiger partial charge >= 0.3 is 0 Å². The van der Waals surface area contributed by atoms with Crippen LogP contribution in [0.2, 0.25) is 5.02 Å². The molecule has 0 unspecified atom stereocenters. The minimum absolute atomic E-state index is 0.215. The topological polar surface area (TPSA) is 61.6 Å². The Bertz CT molecular complexity index is 636. The van der Waals surface area contributed by atoms with Gasteiger partial charge in [0.05, 0.1) is 22.5 Å². The second kappa shape index (κ2) is 4.98. The molecule has 18 heavy (non-hydrogen) atoms. The highest BCUT2D eigenvalue weighted by molar-refractivity contribution is 6.33. The highest BCUT2D eigenvalue weighted by Crippen LogP contribution is 2.28. The number of aryl methyl sites for hydroxylation is 1. The van der Waals surface area contributed by atoms with Gasteiger partial charge in [-0.15, -0.1) is 5.10 Å². The number of anilines is 2. The Morgan fingerprint density at radius 2 is 2.22 bits per heavy atom. The lowest BCUT2D eigenvalue weighted by Gasteiger charge is -2.09. The summed E-state index contributed by atoms with van der Waals surface area (Å²) in [5.74, 6) is -0.0990. The molecular formula is C12H8ClFN4. The molecule has 0 saturated heterocycles. The predicted octanol–water partition coefficient (Wildman–Crippen LogP) is 3.19. The van der Waals surface area contributed by atoms with Crippen molar-refractivity contribution < 1.29 is 4.39 Å². The molecule has 1 aromatic heterocycles. The van der Waals surface area contributed by atoms with Crippen molar-refractivity contribution in [1.29, 1.82) is 5.26 Å². The fourth-order valence-electron chi connectivity index (χ4n) is 1.39. The van der Waals surface area contributed by atoms with Gasteiger partial charge in [0.15, 0.2) is 5.82 Å². The molecule has 0 amide bonds. The highest BCUT2D eigenvalue weighted by atomic mass is 35.5. The number of hydrogen-bond acceptors (Lipinski definition) is 4. The Morgan fingerprint density at radius 3 is 2.94 bits per heavy atom. The number of benzene rings is 1. The van der Waals surface area contributed by atoms with Crippen molar-refractivity contribution in [1.82, 2.24) is 10.2 Å². The van der Waals surface area contributed by atoms with Gasteiger partial charge < -0.3 is 5.32 Å². The van der Waals surface area contributed by atoms with Crippen LogP contribution in [-0.2, 0) is 0 Å². The van der Waals surface area contributed by atoms with E-state index in [1.165, 1.54) is 18.3 Å². The zero-order chi connectivity index (χ0) is 13.1. The SMILES string of the molecule is Cc1cc(Nc2nnccc2C#N)c(Cl)cc1F. The molecule has 0 spiro atoms. The van der Waals surface area contributed by atoms with Crippen molar-refractivity contribution in [3.05, 3.63) is 46.4 Å². The van der Waals surface area contributed by atoms with E-state index < -0.39 is 0 Å². The number of halogens is 2. The van der Waals surface area contributed by atoms with E-state index in [0.717, 1.165) is 0 Å². The number of nitrogens with zero attached hydrogens (tertiary/aromatic N) is 3. The smallest absolute Gasteiger partial charge is 0.171 e. The lowest BCUT2D eigenvalue weighted by atomic mass is 10.2. The van der Waals surface area contributed by atoms with Crippen LogP contribution < -0.4 is 5.32 Å². The summed E-state index contributed by atoms with van der Waals surface area (Å²) in [6, 6.07) is 6.27. The summed E-state index contributed by atoms with van der Waals surface area (Å²) in [6.07, 6.45) is 1.42. The molecule has 0 bridgehead atoms. The third-order valence-corrected chi connectivity index (χ3v) is 2.66. The van der Waals surface area contributed by atoms with Gasteiger partial charge in [0.25, 0.3) is 0 Å². The molecule has 0 aliphatic carbocycles. The lowest BCUT2D eigenvalue weighted by molar-refractivity contribution is 0.619. The highest BCUT2D eigenvalue weighted by Gasteiger charge is 2.09. The van der Waals surface area contributed by atoms with Crippen LogP contribution in [0.25, 0.3) is 0 Å². The van der Waals surface area contributed by atoms with Gasteiger partial charge in [0.1, 0.15) is 11.9 Å². The van der Waals surface area contributed by atoms with Crippen molar-refractivity contribution in [2.75, 3.05) is 5.32 Å². The van der Waals surface area contributed by atoms with Crippen molar-refractivity contribution in [2.24, 2.45) is 0 Å². The van der Waals surface area contributed by atoms with Crippen LogP contribution in [-0.4, -0.2) is 10.2 Å². The Kier molecular flexibility index (Phi) is 3.40. The molecule has 0 aliphatic rings. The van der Waals surface area contributed by atoms with Crippen LogP contribution in [0.4, 0.5) is 15.9 Å². The first-order chi connectivity index (χ1) is 8.61. The summed E-state index contributed by atoms with van der Waals surface area (Å²) in [5, 5.41) is 19.5. The van der Waals surface area contributed by atoms with Crippen molar-refractivity contribution in [3.63, 3.8) is 0 Å². The molecule has 4 nitrogen and oxygen atoms in total. The molecule has 2 rings (SSSR count). The second-order valence-corrected chi connectivity index (χ2v) is 4.02. The van der Waals surface area contributed by atoms with Gasteiger partial charge in [-0.3, -0.25) is 0 Å². The van der Waals surface area contributed by atoms with Crippen LogP contribution in [0.15, 0.2) is 24.4 Å². The first-order valence-corrected chi connectivity index (χ1v) is 5.44. The Morgan fingerprint density at radius 1 is 1.44 bits per heavy atom. The molecule has 0 atom stereocenters. The maximum Gasteiger partial charge on any atom is 0.171 e. The molecule has 0 saturated carbocycles. The molecule has 0 aliphatic heterocycles. The Labute approximate surface area is 108 Å². The fraction of sp³-hybridized carbons (Fsp3) is 0.0833. The molecule has 1 heterocycles. The summed E-state index contributed by atoms with van der Waals surface area (Å²) < 4.78 is 13.3. The van der Waals surface area contributed by atoms with E-state index in [4.69, 9.17) is 16.9 Å². The van der Waals surface area contributed by atoms with Crippen LogP contribution in [0.3, 0.4) is 0 Å². The fourth-order valence-corrected chi connectivity index (χ4v) is 1.59.